The Hall–Kier alpha value is -2.01. The maximum Gasteiger partial charge on any atom is 0.258 e. The van der Waals surface area contributed by atoms with Crippen molar-refractivity contribution in [3.8, 4) is 5.75 Å². The van der Waals surface area contributed by atoms with Crippen molar-refractivity contribution in [2.75, 3.05) is 12.3 Å². The highest BCUT2D eigenvalue weighted by Crippen LogP contribution is 2.25. The van der Waals surface area contributed by atoms with E-state index in [1.54, 1.807) is 35.6 Å². The summed E-state index contributed by atoms with van der Waals surface area (Å²) < 4.78 is 5.46. The third kappa shape index (κ3) is 4.49. The Balaban J connectivity index is 1.89. The Morgan fingerprint density at radius 3 is 2.57 bits per heavy atom. The standard InChI is InChI=1S/C16H20N2O2S/c1-11(2)16(14-4-3-9-21-14)18-15(19)10-20-13-7-5-12(17)6-8-13/h3-9,11,16H,10,17H2,1-2H3,(H,18,19). The van der Waals surface area contributed by atoms with Gasteiger partial charge in [0.05, 0.1) is 6.04 Å². The van der Waals surface area contributed by atoms with Crippen LogP contribution in [0.15, 0.2) is 41.8 Å². The predicted octanol–water partition coefficient (Wildman–Crippen LogP) is 3.22. The van der Waals surface area contributed by atoms with E-state index in [4.69, 9.17) is 10.5 Å². The normalized spacial score (nSPS) is 12.1. The largest absolute Gasteiger partial charge is 0.484 e. The first-order chi connectivity index (χ1) is 10.1. The summed E-state index contributed by atoms with van der Waals surface area (Å²) in [5.74, 6) is 0.833. The van der Waals surface area contributed by atoms with E-state index < -0.39 is 0 Å². The number of hydrogen-bond donors (Lipinski definition) is 2. The summed E-state index contributed by atoms with van der Waals surface area (Å²) in [5, 5.41) is 5.04. The molecule has 4 nitrogen and oxygen atoms in total. The minimum Gasteiger partial charge on any atom is -0.484 e. The lowest BCUT2D eigenvalue weighted by Gasteiger charge is -2.21. The number of thiophene rings is 1. The number of ether oxygens (including phenoxy) is 1. The summed E-state index contributed by atoms with van der Waals surface area (Å²) in [6, 6.07) is 11.0. The van der Waals surface area contributed by atoms with E-state index in [0.717, 1.165) is 4.88 Å². The fraction of sp³-hybridized carbons (Fsp3) is 0.312. The first kappa shape index (κ1) is 15.4. The van der Waals surface area contributed by atoms with Crippen LogP contribution in [0.2, 0.25) is 0 Å². The molecule has 1 aromatic heterocycles. The summed E-state index contributed by atoms with van der Waals surface area (Å²) in [4.78, 5) is 13.2. The van der Waals surface area contributed by atoms with Gasteiger partial charge < -0.3 is 15.8 Å². The molecular formula is C16H20N2O2S. The maximum absolute atomic E-state index is 12.0. The number of rotatable bonds is 6. The number of benzene rings is 1. The second kappa shape index (κ2) is 7.13. The van der Waals surface area contributed by atoms with Crippen LogP contribution < -0.4 is 15.8 Å². The van der Waals surface area contributed by atoms with Crippen LogP contribution in [0, 0.1) is 5.92 Å². The maximum atomic E-state index is 12.0. The van der Waals surface area contributed by atoms with E-state index in [0.29, 0.717) is 17.4 Å². The molecular weight excluding hydrogens is 284 g/mol. The Bertz CT molecular complexity index is 564. The first-order valence-electron chi connectivity index (χ1n) is 6.87. The number of nitrogens with one attached hydrogen (secondary N) is 1. The highest BCUT2D eigenvalue weighted by molar-refractivity contribution is 7.10. The van der Waals surface area contributed by atoms with Crippen LogP contribution in [-0.4, -0.2) is 12.5 Å². The third-order valence-corrected chi connectivity index (χ3v) is 4.04. The molecule has 3 N–H and O–H groups in total. The predicted molar refractivity (Wildman–Crippen MR) is 86.4 cm³/mol. The van der Waals surface area contributed by atoms with Gasteiger partial charge in [0.2, 0.25) is 0 Å². The summed E-state index contributed by atoms with van der Waals surface area (Å²) >= 11 is 1.65. The quantitative estimate of drug-likeness (QED) is 0.805. The van der Waals surface area contributed by atoms with Crippen molar-refractivity contribution in [1.29, 1.82) is 0 Å². The molecule has 1 heterocycles. The second-order valence-electron chi connectivity index (χ2n) is 5.16. The first-order valence-corrected chi connectivity index (χ1v) is 7.75. The molecule has 0 radical (unpaired) electrons. The van der Waals surface area contributed by atoms with Gasteiger partial charge >= 0.3 is 0 Å². The van der Waals surface area contributed by atoms with Gasteiger partial charge in [0.15, 0.2) is 6.61 Å². The van der Waals surface area contributed by atoms with Gasteiger partial charge in [0, 0.05) is 10.6 Å². The van der Waals surface area contributed by atoms with Crippen LogP contribution >= 0.6 is 11.3 Å². The molecule has 0 bridgehead atoms. The molecule has 0 aliphatic heterocycles. The van der Waals surface area contributed by atoms with Crippen molar-refractivity contribution < 1.29 is 9.53 Å². The highest BCUT2D eigenvalue weighted by atomic mass is 32.1. The molecule has 1 unspecified atom stereocenters. The molecule has 1 aromatic carbocycles. The van der Waals surface area contributed by atoms with E-state index in [9.17, 15) is 4.79 Å². The summed E-state index contributed by atoms with van der Waals surface area (Å²) in [5.41, 5.74) is 6.27. The van der Waals surface area contributed by atoms with Crippen molar-refractivity contribution in [2.24, 2.45) is 5.92 Å². The van der Waals surface area contributed by atoms with E-state index in [1.165, 1.54) is 0 Å². The molecule has 2 aromatic rings. The number of hydrogen-bond acceptors (Lipinski definition) is 4. The van der Waals surface area contributed by atoms with Crippen molar-refractivity contribution in [3.05, 3.63) is 46.7 Å². The minimum atomic E-state index is -0.126. The fourth-order valence-corrected chi connectivity index (χ4v) is 2.91. The lowest BCUT2D eigenvalue weighted by atomic mass is 10.0. The molecule has 5 heteroatoms. The van der Waals surface area contributed by atoms with E-state index in [-0.39, 0.29) is 18.6 Å². The van der Waals surface area contributed by atoms with Crippen LogP contribution in [0.1, 0.15) is 24.8 Å². The van der Waals surface area contributed by atoms with Crippen molar-refractivity contribution in [1.82, 2.24) is 5.32 Å². The SMILES string of the molecule is CC(C)C(NC(=O)COc1ccc(N)cc1)c1cccs1. The molecule has 2 rings (SSSR count). The van der Waals surface area contributed by atoms with E-state index in [2.05, 4.69) is 19.2 Å². The van der Waals surface area contributed by atoms with Crippen LogP contribution in [0.25, 0.3) is 0 Å². The number of anilines is 1. The molecule has 0 aliphatic carbocycles. The summed E-state index contributed by atoms with van der Waals surface area (Å²) in [6.07, 6.45) is 0. The highest BCUT2D eigenvalue weighted by Gasteiger charge is 2.19. The van der Waals surface area contributed by atoms with Crippen molar-refractivity contribution in [2.45, 2.75) is 19.9 Å². The zero-order valence-corrected chi connectivity index (χ0v) is 13.0. The molecule has 1 amide bonds. The van der Waals surface area contributed by atoms with Crippen molar-refractivity contribution in [3.63, 3.8) is 0 Å². The fourth-order valence-electron chi connectivity index (χ4n) is 1.96. The lowest BCUT2D eigenvalue weighted by molar-refractivity contribution is -0.124. The average Bonchev–Trinajstić information content (AvgIpc) is 2.97. The summed E-state index contributed by atoms with van der Waals surface area (Å²) in [7, 11) is 0. The number of carbonyl (C=O) groups is 1. The molecule has 0 spiro atoms. The second-order valence-corrected chi connectivity index (χ2v) is 6.14. The Morgan fingerprint density at radius 2 is 2.00 bits per heavy atom. The monoisotopic (exact) mass is 304 g/mol. The number of nitrogens with two attached hydrogens (primary N) is 1. The molecule has 0 saturated carbocycles. The molecule has 0 fully saturated rings. The molecule has 1 atom stereocenters. The lowest BCUT2D eigenvalue weighted by Crippen LogP contribution is -2.34. The number of amides is 1. The third-order valence-electron chi connectivity index (χ3n) is 3.08. The van der Waals surface area contributed by atoms with E-state index >= 15 is 0 Å². The molecule has 112 valence electrons. The zero-order chi connectivity index (χ0) is 15.2. The zero-order valence-electron chi connectivity index (χ0n) is 12.2. The Kier molecular flexibility index (Phi) is 5.22. The number of carbonyl (C=O) groups excluding carboxylic acids is 1. The van der Waals surface area contributed by atoms with Crippen LogP contribution in [0.4, 0.5) is 5.69 Å². The summed E-state index contributed by atoms with van der Waals surface area (Å²) in [6.45, 7) is 4.18. The Labute approximate surface area is 128 Å². The molecule has 0 saturated heterocycles. The van der Waals surface area contributed by atoms with Crippen LogP contribution in [0.5, 0.6) is 5.75 Å². The van der Waals surface area contributed by atoms with Gasteiger partial charge in [-0.05, 0) is 41.6 Å². The van der Waals surface area contributed by atoms with Gasteiger partial charge in [-0.3, -0.25) is 4.79 Å². The van der Waals surface area contributed by atoms with Gasteiger partial charge in [-0.2, -0.15) is 0 Å². The van der Waals surface area contributed by atoms with Gasteiger partial charge in [-0.15, -0.1) is 11.3 Å². The average molecular weight is 304 g/mol. The van der Waals surface area contributed by atoms with Crippen LogP contribution in [-0.2, 0) is 4.79 Å². The Morgan fingerprint density at radius 1 is 1.29 bits per heavy atom. The van der Waals surface area contributed by atoms with Crippen molar-refractivity contribution >= 4 is 22.9 Å². The van der Waals surface area contributed by atoms with Gasteiger partial charge in [0.1, 0.15) is 5.75 Å². The smallest absolute Gasteiger partial charge is 0.258 e. The van der Waals surface area contributed by atoms with E-state index in [1.807, 2.05) is 17.5 Å². The van der Waals surface area contributed by atoms with Gasteiger partial charge in [0.25, 0.3) is 5.91 Å². The van der Waals surface area contributed by atoms with Gasteiger partial charge in [-0.1, -0.05) is 19.9 Å². The molecule has 21 heavy (non-hydrogen) atoms. The topological polar surface area (TPSA) is 64.3 Å². The minimum absolute atomic E-state index is 0.00147. The van der Waals surface area contributed by atoms with Crippen LogP contribution in [0.3, 0.4) is 0 Å². The molecule has 0 aliphatic rings. The number of nitrogen functional groups attached to an aromatic ring is 1. The van der Waals surface area contributed by atoms with Gasteiger partial charge in [-0.25, -0.2) is 0 Å².